The average Bonchev–Trinajstić information content (AvgIpc) is 3.71. The number of aromatic nitrogens is 2. The Morgan fingerprint density at radius 1 is 0.759 bits per heavy atom. The summed E-state index contributed by atoms with van der Waals surface area (Å²) in [5, 5.41) is 18.4. The molecule has 0 unspecified atom stereocenters. The number of halogens is 2. The molecule has 2 aliphatic carbocycles. The van der Waals surface area contributed by atoms with E-state index in [1.165, 1.54) is 6.20 Å². The molecule has 2 spiro atoms. The first-order valence-corrected chi connectivity index (χ1v) is 19.3. The first-order chi connectivity index (χ1) is 25.3. The molecule has 4 aliphatic rings. The van der Waals surface area contributed by atoms with Gasteiger partial charge in [-0.2, -0.15) is 0 Å². The average molecular weight is 793 g/mol. The van der Waals surface area contributed by atoms with Crippen molar-refractivity contribution in [3.8, 4) is 0 Å². The summed E-state index contributed by atoms with van der Waals surface area (Å²) in [4.78, 5) is 58.9. The third kappa shape index (κ3) is 12.0. The Morgan fingerprint density at radius 3 is 1.46 bits per heavy atom. The molecular formula is C38H55Cl2N7O7. The van der Waals surface area contributed by atoms with E-state index in [1.54, 1.807) is 36.3 Å². The highest BCUT2D eigenvalue weighted by molar-refractivity contribution is 6.40. The molecule has 0 bridgehead atoms. The number of hydrogen-bond acceptors (Lipinski definition) is 10. The summed E-state index contributed by atoms with van der Waals surface area (Å²) in [7, 11) is 1.60. The number of hydrogen-bond donors (Lipinski definition) is 4. The normalized spacial score (nSPS) is 24.2. The van der Waals surface area contributed by atoms with Crippen molar-refractivity contribution >= 4 is 58.9 Å². The number of carboxylic acid groups (broad SMARTS) is 1. The molecule has 2 saturated heterocycles. The van der Waals surface area contributed by atoms with Crippen LogP contribution >= 0.6 is 23.2 Å². The van der Waals surface area contributed by atoms with Gasteiger partial charge < -0.3 is 40.3 Å². The highest BCUT2D eigenvalue weighted by Crippen LogP contribution is 2.50. The molecule has 298 valence electrons. The van der Waals surface area contributed by atoms with Gasteiger partial charge in [-0.25, -0.2) is 24.4 Å². The summed E-state index contributed by atoms with van der Waals surface area (Å²) >= 11 is 9.53. The minimum atomic E-state index is -0.977. The zero-order valence-corrected chi connectivity index (χ0v) is 33.9. The van der Waals surface area contributed by atoms with Crippen molar-refractivity contribution in [3.63, 3.8) is 0 Å². The number of carbonyl (C=O) groups excluding carboxylic acids is 3. The van der Waals surface area contributed by atoms with E-state index < -0.39 is 17.2 Å². The van der Waals surface area contributed by atoms with Crippen molar-refractivity contribution in [3.05, 3.63) is 47.8 Å². The number of rotatable bonds is 6. The highest BCUT2D eigenvalue weighted by Gasteiger charge is 2.51. The number of pyridine rings is 2. The summed E-state index contributed by atoms with van der Waals surface area (Å²) in [6.07, 6.45) is 8.51. The number of likely N-dealkylation sites (tertiary alicyclic amines) is 2. The maximum Gasteiger partial charge on any atom is 0.410 e. The predicted octanol–water partition coefficient (Wildman–Crippen LogP) is 7.05. The molecule has 6 rings (SSSR count). The van der Waals surface area contributed by atoms with Crippen molar-refractivity contribution in [1.29, 1.82) is 0 Å². The van der Waals surface area contributed by atoms with Crippen LogP contribution in [0.1, 0.15) is 101 Å². The lowest BCUT2D eigenvalue weighted by Crippen LogP contribution is -2.47. The molecule has 16 heteroatoms. The van der Waals surface area contributed by atoms with E-state index in [9.17, 15) is 19.2 Å². The van der Waals surface area contributed by atoms with Crippen molar-refractivity contribution in [2.75, 3.05) is 49.2 Å². The number of alkyl halides is 2. The molecule has 0 radical (unpaired) electrons. The summed E-state index contributed by atoms with van der Waals surface area (Å²) in [5.41, 5.74) is 0.186. The standard InChI is InChI=1S/C19H28N4O3.C18H25N3O4.CH2Cl2/c1-18(2,3)26-17(25)23-8-7-19(12-23)9-14(10-19)22-15-6-5-13(11-21-15)16(24)20-4;1-17(2,3)25-16(24)21-7-6-18(11-21)8-13(9-18)20-14-5-4-12(10-19-14)15(22)23;2-1-3/h5-6,11,14H,7-10,12H2,1-4H3,(H,20,24)(H,21,22);4-5,10,13H,6-9,11H2,1-3H3,(H,19,20)(H,22,23);1H2. The molecular weight excluding hydrogens is 737 g/mol. The Hall–Kier alpha value is -4.04. The van der Waals surface area contributed by atoms with E-state index in [-0.39, 0.29) is 39.8 Å². The number of nitrogens with one attached hydrogen (secondary N) is 3. The van der Waals surface area contributed by atoms with E-state index in [0.29, 0.717) is 23.5 Å². The van der Waals surface area contributed by atoms with Crippen molar-refractivity contribution in [2.24, 2.45) is 10.8 Å². The number of anilines is 2. The Morgan fingerprint density at radius 2 is 1.15 bits per heavy atom. The maximum absolute atomic E-state index is 12.2. The lowest BCUT2D eigenvalue weighted by molar-refractivity contribution is 0.0229. The Labute approximate surface area is 328 Å². The summed E-state index contributed by atoms with van der Waals surface area (Å²) < 4.78 is 10.9. The molecule has 4 heterocycles. The number of amides is 3. The minimum Gasteiger partial charge on any atom is -0.478 e. The van der Waals surface area contributed by atoms with E-state index in [0.717, 1.165) is 70.5 Å². The molecule has 3 amide bonds. The van der Waals surface area contributed by atoms with Gasteiger partial charge in [0.25, 0.3) is 5.91 Å². The molecule has 2 aliphatic heterocycles. The maximum atomic E-state index is 12.2. The van der Waals surface area contributed by atoms with Crippen molar-refractivity contribution in [2.45, 2.75) is 103 Å². The van der Waals surface area contributed by atoms with Gasteiger partial charge >= 0.3 is 18.2 Å². The fourth-order valence-corrected chi connectivity index (χ4v) is 7.46. The smallest absolute Gasteiger partial charge is 0.410 e. The fourth-order valence-electron chi connectivity index (χ4n) is 7.46. The number of ether oxygens (including phenoxy) is 2. The fraction of sp³-hybridized carbons (Fsp3) is 0.632. The van der Waals surface area contributed by atoms with Gasteiger partial charge in [-0.05, 0) is 115 Å². The molecule has 2 aromatic rings. The van der Waals surface area contributed by atoms with E-state index >= 15 is 0 Å². The Balaban J connectivity index is 0.000000225. The van der Waals surface area contributed by atoms with Crippen LogP contribution in [0.25, 0.3) is 0 Å². The molecule has 0 aromatic carbocycles. The SMILES string of the molecule is CC(C)(C)OC(=O)N1CCC2(CC(Nc3ccc(C(=O)O)cn3)C2)C1.CNC(=O)c1ccc(NC2CC3(CCN(C(=O)OC(C)(C)C)C3)C2)nc1.ClCCl. The first-order valence-electron chi connectivity index (χ1n) is 18.3. The largest absolute Gasteiger partial charge is 0.478 e. The highest BCUT2D eigenvalue weighted by atomic mass is 35.5. The number of nitrogens with zero attached hydrogens (tertiary/aromatic N) is 4. The van der Waals surface area contributed by atoms with Crippen LogP contribution in [-0.2, 0) is 9.47 Å². The second-order valence-corrected chi connectivity index (χ2v) is 17.5. The molecule has 54 heavy (non-hydrogen) atoms. The summed E-state index contributed by atoms with van der Waals surface area (Å²) in [6, 6.07) is 7.50. The molecule has 4 fully saturated rings. The minimum absolute atomic E-state index is 0.139. The quantitative estimate of drug-likeness (QED) is 0.221. The zero-order valence-electron chi connectivity index (χ0n) is 32.3. The number of carbonyl (C=O) groups is 4. The predicted molar refractivity (Wildman–Crippen MR) is 208 cm³/mol. The lowest BCUT2D eigenvalue weighted by Gasteiger charge is -2.45. The molecule has 2 saturated carbocycles. The number of carboxylic acids is 1. The van der Waals surface area contributed by atoms with Gasteiger partial charge in [-0.1, -0.05) is 0 Å². The van der Waals surface area contributed by atoms with Gasteiger partial charge in [0.15, 0.2) is 0 Å². The van der Waals surface area contributed by atoms with Crippen LogP contribution in [-0.4, -0.2) is 111 Å². The van der Waals surface area contributed by atoms with Crippen LogP contribution < -0.4 is 16.0 Å². The van der Waals surface area contributed by atoms with E-state index in [2.05, 4.69) is 25.9 Å². The van der Waals surface area contributed by atoms with E-state index in [1.807, 2.05) is 52.5 Å². The molecule has 2 aromatic heterocycles. The topological polar surface area (TPSA) is 175 Å². The Kier molecular flexibility index (Phi) is 13.9. The monoisotopic (exact) mass is 791 g/mol. The third-order valence-corrected chi connectivity index (χ3v) is 9.86. The zero-order chi connectivity index (χ0) is 39.9. The van der Waals surface area contributed by atoms with Crippen LogP contribution in [0, 0.1) is 10.8 Å². The lowest BCUT2D eigenvalue weighted by atomic mass is 9.65. The first kappa shape index (κ1) is 42.7. The van der Waals surface area contributed by atoms with Gasteiger partial charge in [0, 0.05) is 57.7 Å². The third-order valence-electron chi connectivity index (χ3n) is 9.86. The van der Waals surface area contributed by atoms with Crippen molar-refractivity contribution < 1.29 is 33.8 Å². The van der Waals surface area contributed by atoms with E-state index in [4.69, 9.17) is 37.8 Å². The summed E-state index contributed by atoms with van der Waals surface area (Å²) in [6.45, 7) is 14.3. The number of aromatic carboxylic acids is 1. The second-order valence-electron chi connectivity index (χ2n) is 16.7. The van der Waals surface area contributed by atoms with Gasteiger partial charge in [0.2, 0.25) is 0 Å². The van der Waals surface area contributed by atoms with Crippen LogP contribution in [0.3, 0.4) is 0 Å². The van der Waals surface area contributed by atoms with Gasteiger partial charge in [0.1, 0.15) is 22.8 Å². The molecule has 0 atom stereocenters. The second kappa shape index (κ2) is 17.6. The molecule has 14 nitrogen and oxygen atoms in total. The van der Waals surface area contributed by atoms with Gasteiger partial charge in [0.05, 0.1) is 16.5 Å². The Bertz CT molecular complexity index is 1600. The van der Waals surface area contributed by atoms with Crippen LogP contribution in [0.5, 0.6) is 0 Å². The van der Waals surface area contributed by atoms with Crippen LogP contribution in [0.15, 0.2) is 36.7 Å². The van der Waals surface area contributed by atoms with Gasteiger partial charge in [-0.3, -0.25) is 4.79 Å². The molecule has 4 N–H and O–H groups in total. The van der Waals surface area contributed by atoms with Gasteiger partial charge in [-0.15, -0.1) is 23.2 Å². The van der Waals surface area contributed by atoms with Crippen molar-refractivity contribution in [1.82, 2.24) is 25.1 Å². The van der Waals surface area contributed by atoms with Crippen LogP contribution in [0.4, 0.5) is 21.2 Å². The summed E-state index contributed by atoms with van der Waals surface area (Å²) in [5.74, 6) is 0.348. The van der Waals surface area contributed by atoms with Crippen LogP contribution in [0.2, 0.25) is 0 Å².